The van der Waals surface area contributed by atoms with Gasteiger partial charge in [-0.05, 0) is 67.6 Å². The van der Waals surface area contributed by atoms with Crippen LogP contribution in [-0.2, 0) is 18.7 Å². The molecular weight excluding hydrogens is 512 g/mol. The second kappa shape index (κ2) is 13.6. The number of halogens is 1. The summed E-state index contributed by atoms with van der Waals surface area (Å²) in [7, 11) is 0. The van der Waals surface area contributed by atoms with Crippen LogP contribution < -0.4 is 5.32 Å². The normalized spacial score (nSPS) is 11.1. The Bertz CT molecular complexity index is 1370. The predicted molar refractivity (Wildman–Crippen MR) is 157 cm³/mol. The van der Waals surface area contributed by atoms with E-state index in [4.69, 9.17) is 11.6 Å². The van der Waals surface area contributed by atoms with E-state index >= 15 is 0 Å². The zero-order valence-electron chi connectivity index (χ0n) is 22.3. The molecular formula is C31H35ClN4OS. The van der Waals surface area contributed by atoms with Crippen LogP contribution in [0.1, 0.15) is 71.0 Å². The highest BCUT2D eigenvalue weighted by Crippen LogP contribution is 2.28. The first-order valence-electron chi connectivity index (χ1n) is 13.2. The highest BCUT2D eigenvalue weighted by Gasteiger charge is 2.18. The summed E-state index contributed by atoms with van der Waals surface area (Å²) in [6.45, 7) is 6.60. The number of nitrogens with zero attached hydrogens (tertiary/aromatic N) is 3. The monoisotopic (exact) mass is 546 g/mol. The Labute approximate surface area is 235 Å². The van der Waals surface area contributed by atoms with E-state index in [9.17, 15) is 4.79 Å². The maximum absolute atomic E-state index is 13.0. The zero-order valence-corrected chi connectivity index (χ0v) is 23.9. The summed E-state index contributed by atoms with van der Waals surface area (Å²) >= 11 is 7.98. The summed E-state index contributed by atoms with van der Waals surface area (Å²) in [5.74, 6) is 1.29. The van der Waals surface area contributed by atoms with Gasteiger partial charge in [0.15, 0.2) is 11.0 Å². The minimum Gasteiger partial charge on any atom is -0.345 e. The largest absolute Gasteiger partial charge is 0.345 e. The number of thioether (sulfide) groups is 1. The van der Waals surface area contributed by atoms with Gasteiger partial charge in [-0.3, -0.25) is 9.36 Å². The van der Waals surface area contributed by atoms with Gasteiger partial charge in [0.25, 0.3) is 5.91 Å². The van der Waals surface area contributed by atoms with E-state index in [1.807, 2.05) is 41.8 Å². The fraction of sp³-hybridized carbons (Fsp3) is 0.323. The van der Waals surface area contributed by atoms with Crippen LogP contribution in [0.3, 0.4) is 0 Å². The smallest absolute Gasteiger partial charge is 0.251 e. The van der Waals surface area contributed by atoms with Gasteiger partial charge in [-0.1, -0.05) is 97.6 Å². The number of aromatic nitrogens is 3. The number of hydrogen-bond acceptors (Lipinski definition) is 4. The molecule has 198 valence electrons. The lowest BCUT2D eigenvalue weighted by Crippen LogP contribution is -2.24. The second-order valence-electron chi connectivity index (χ2n) is 9.63. The third kappa shape index (κ3) is 7.49. The van der Waals surface area contributed by atoms with Crippen molar-refractivity contribution in [3.8, 4) is 5.69 Å². The first kappa shape index (κ1) is 27.9. The lowest BCUT2D eigenvalue weighted by Gasteiger charge is -2.14. The molecule has 0 saturated carbocycles. The second-order valence-corrected chi connectivity index (χ2v) is 11.0. The summed E-state index contributed by atoms with van der Waals surface area (Å²) in [5, 5.41) is 13.4. The van der Waals surface area contributed by atoms with E-state index in [2.05, 4.69) is 65.8 Å². The molecule has 0 unspecified atom stereocenters. The van der Waals surface area contributed by atoms with Crippen LogP contribution in [0.4, 0.5) is 0 Å². The van der Waals surface area contributed by atoms with Crippen molar-refractivity contribution >= 4 is 29.3 Å². The van der Waals surface area contributed by atoms with Gasteiger partial charge in [-0.25, -0.2) is 0 Å². The fourth-order valence-corrected chi connectivity index (χ4v) is 5.44. The van der Waals surface area contributed by atoms with Crippen LogP contribution in [0.5, 0.6) is 0 Å². The molecule has 0 aliphatic rings. The van der Waals surface area contributed by atoms with E-state index in [0.717, 1.165) is 28.6 Å². The number of carbonyl (C=O) groups is 1. The SMILES string of the molecule is CCCCCCc1ccc(C(=O)NCc2nnc(SCc3cccc(C)c3)n2-c2cc(Cl)ccc2C)cc1. The number of benzene rings is 3. The average molecular weight is 547 g/mol. The Morgan fingerprint density at radius 1 is 0.947 bits per heavy atom. The topological polar surface area (TPSA) is 59.8 Å². The van der Waals surface area contributed by atoms with Crippen molar-refractivity contribution in [1.29, 1.82) is 0 Å². The quantitative estimate of drug-likeness (QED) is 0.145. The number of amides is 1. The third-order valence-electron chi connectivity index (χ3n) is 6.51. The molecule has 7 heteroatoms. The van der Waals surface area contributed by atoms with Gasteiger partial charge in [-0.2, -0.15) is 0 Å². The van der Waals surface area contributed by atoms with Gasteiger partial charge in [0.1, 0.15) is 0 Å². The zero-order chi connectivity index (χ0) is 26.9. The maximum Gasteiger partial charge on any atom is 0.251 e. The molecule has 3 aromatic carbocycles. The Balaban J connectivity index is 1.49. The van der Waals surface area contributed by atoms with E-state index < -0.39 is 0 Å². The lowest BCUT2D eigenvalue weighted by molar-refractivity contribution is 0.0949. The van der Waals surface area contributed by atoms with Crippen molar-refractivity contribution in [1.82, 2.24) is 20.1 Å². The van der Waals surface area contributed by atoms with Gasteiger partial charge in [-0.15, -0.1) is 10.2 Å². The molecule has 0 saturated heterocycles. The average Bonchev–Trinajstić information content (AvgIpc) is 3.33. The Kier molecular flexibility index (Phi) is 10.0. The van der Waals surface area contributed by atoms with Crippen LogP contribution in [0.2, 0.25) is 5.02 Å². The van der Waals surface area contributed by atoms with Crippen LogP contribution >= 0.6 is 23.4 Å². The van der Waals surface area contributed by atoms with Gasteiger partial charge in [0.2, 0.25) is 0 Å². The molecule has 0 fully saturated rings. The number of aryl methyl sites for hydroxylation is 3. The van der Waals surface area contributed by atoms with Crippen molar-refractivity contribution in [2.24, 2.45) is 0 Å². The van der Waals surface area contributed by atoms with Gasteiger partial charge >= 0.3 is 0 Å². The van der Waals surface area contributed by atoms with Crippen molar-refractivity contribution in [3.63, 3.8) is 0 Å². The van der Waals surface area contributed by atoms with Gasteiger partial charge in [0.05, 0.1) is 12.2 Å². The van der Waals surface area contributed by atoms with E-state index in [1.54, 1.807) is 11.8 Å². The highest BCUT2D eigenvalue weighted by atomic mass is 35.5. The Morgan fingerprint density at radius 2 is 1.76 bits per heavy atom. The molecule has 1 N–H and O–H groups in total. The standard InChI is InChI=1S/C31H35ClN4OS/c1-4-5-6-7-10-24-13-15-26(16-14-24)30(37)33-20-29-34-35-31(38-21-25-11-8-9-22(2)18-25)36(29)28-19-27(32)17-12-23(28)3/h8-9,11-19H,4-7,10,20-21H2,1-3H3,(H,33,37). The molecule has 5 nitrogen and oxygen atoms in total. The number of unbranched alkanes of at least 4 members (excludes halogenated alkanes) is 3. The molecule has 0 spiro atoms. The first-order valence-corrected chi connectivity index (χ1v) is 14.6. The maximum atomic E-state index is 13.0. The molecule has 1 amide bonds. The molecule has 0 aliphatic carbocycles. The fourth-order valence-electron chi connectivity index (χ4n) is 4.36. The van der Waals surface area contributed by atoms with Crippen LogP contribution in [0.25, 0.3) is 5.69 Å². The summed E-state index contributed by atoms with van der Waals surface area (Å²) in [6, 6.07) is 22.1. The summed E-state index contributed by atoms with van der Waals surface area (Å²) in [4.78, 5) is 13.0. The molecule has 0 bridgehead atoms. The predicted octanol–water partition coefficient (Wildman–Crippen LogP) is 7.88. The highest BCUT2D eigenvalue weighted by molar-refractivity contribution is 7.98. The molecule has 1 aromatic heterocycles. The van der Waals surface area contributed by atoms with Crippen molar-refractivity contribution in [2.45, 2.75) is 70.3 Å². The number of carbonyl (C=O) groups excluding carboxylic acids is 1. The molecule has 0 aliphatic heterocycles. The third-order valence-corrected chi connectivity index (χ3v) is 7.74. The van der Waals surface area contributed by atoms with Crippen molar-refractivity contribution < 1.29 is 4.79 Å². The minimum absolute atomic E-state index is 0.131. The summed E-state index contributed by atoms with van der Waals surface area (Å²) in [5.41, 5.74) is 6.31. The van der Waals surface area contributed by atoms with Crippen LogP contribution in [0, 0.1) is 13.8 Å². The molecule has 0 radical (unpaired) electrons. The molecule has 0 atom stereocenters. The van der Waals surface area contributed by atoms with Gasteiger partial charge in [0, 0.05) is 16.3 Å². The number of hydrogen-bond donors (Lipinski definition) is 1. The molecule has 38 heavy (non-hydrogen) atoms. The molecule has 4 rings (SSSR count). The van der Waals surface area contributed by atoms with E-state index in [-0.39, 0.29) is 12.5 Å². The number of nitrogens with one attached hydrogen (secondary N) is 1. The molecule has 4 aromatic rings. The Hall–Kier alpha value is -3.09. The summed E-state index contributed by atoms with van der Waals surface area (Å²) in [6.07, 6.45) is 5.98. The van der Waals surface area contributed by atoms with Crippen molar-refractivity contribution in [2.75, 3.05) is 0 Å². The lowest BCUT2D eigenvalue weighted by atomic mass is 10.0. The van der Waals surface area contributed by atoms with E-state index in [0.29, 0.717) is 16.4 Å². The molecule has 1 heterocycles. The number of rotatable bonds is 12. The Morgan fingerprint density at radius 3 is 2.53 bits per heavy atom. The van der Waals surface area contributed by atoms with E-state index in [1.165, 1.54) is 42.4 Å². The van der Waals surface area contributed by atoms with Crippen LogP contribution in [0.15, 0.2) is 71.9 Å². The van der Waals surface area contributed by atoms with Crippen molar-refractivity contribution in [3.05, 3.63) is 105 Å². The minimum atomic E-state index is -0.131. The van der Waals surface area contributed by atoms with Crippen LogP contribution in [-0.4, -0.2) is 20.7 Å². The summed E-state index contributed by atoms with van der Waals surface area (Å²) < 4.78 is 2.00. The van der Waals surface area contributed by atoms with Gasteiger partial charge < -0.3 is 5.32 Å². The first-order chi connectivity index (χ1) is 18.4.